The van der Waals surface area contributed by atoms with E-state index in [1.54, 1.807) is 6.92 Å². The van der Waals surface area contributed by atoms with Crippen LogP contribution in [0, 0.1) is 0 Å². The number of nitrogens with zero attached hydrogens (tertiary/aromatic N) is 1. The van der Waals surface area contributed by atoms with Gasteiger partial charge >= 0.3 is 6.09 Å². The van der Waals surface area contributed by atoms with Crippen LogP contribution in [0.25, 0.3) is 0 Å². The lowest BCUT2D eigenvalue weighted by atomic mass is 10.0. The Kier molecular flexibility index (Phi) is 3.13. The summed E-state index contributed by atoms with van der Waals surface area (Å²) >= 11 is 0. The van der Waals surface area contributed by atoms with E-state index >= 15 is 0 Å². The van der Waals surface area contributed by atoms with Crippen molar-refractivity contribution in [2.75, 3.05) is 0 Å². The van der Waals surface area contributed by atoms with E-state index in [0.29, 0.717) is 6.42 Å². The second kappa shape index (κ2) is 4.57. The molecular formula is C13H15NO3. The van der Waals surface area contributed by atoms with Crippen molar-refractivity contribution in [3.63, 3.8) is 0 Å². The molecule has 1 fully saturated rings. The van der Waals surface area contributed by atoms with Crippen molar-refractivity contribution in [2.24, 2.45) is 0 Å². The van der Waals surface area contributed by atoms with E-state index in [-0.39, 0.29) is 18.1 Å². The minimum absolute atomic E-state index is 0.194. The Morgan fingerprint density at radius 2 is 2.00 bits per heavy atom. The van der Waals surface area contributed by atoms with Crippen LogP contribution < -0.4 is 0 Å². The lowest BCUT2D eigenvalue weighted by Crippen LogP contribution is -2.37. The first-order chi connectivity index (χ1) is 8.15. The van der Waals surface area contributed by atoms with E-state index in [9.17, 15) is 9.59 Å². The molecule has 4 heteroatoms. The predicted octanol–water partition coefficient (Wildman–Crippen LogP) is 2.51. The number of rotatable bonds is 2. The SMILES string of the molecule is CCC(=O)N1C(=O)OC(c2ccccc2)C1C. The Hall–Kier alpha value is -1.84. The minimum Gasteiger partial charge on any atom is -0.439 e. The van der Waals surface area contributed by atoms with Crippen molar-refractivity contribution >= 4 is 12.0 Å². The molecule has 2 unspecified atom stereocenters. The number of carbonyl (C=O) groups excluding carboxylic acids is 2. The third-order valence-corrected chi connectivity index (χ3v) is 2.97. The molecule has 1 heterocycles. The van der Waals surface area contributed by atoms with Crippen LogP contribution in [-0.4, -0.2) is 22.9 Å². The average molecular weight is 233 g/mol. The summed E-state index contributed by atoms with van der Waals surface area (Å²) in [6.07, 6.45) is -0.599. The van der Waals surface area contributed by atoms with E-state index in [2.05, 4.69) is 0 Å². The number of hydrogen-bond donors (Lipinski definition) is 0. The first-order valence-corrected chi connectivity index (χ1v) is 5.72. The molecule has 17 heavy (non-hydrogen) atoms. The Morgan fingerprint density at radius 1 is 1.35 bits per heavy atom. The van der Waals surface area contributed by atoms with Crippen LogP contribution in [0.5, 0.6) is 0 Å². The molecule has 0 aliphatic carbocycles. The van der Waals surface area contributed by atoms with E-state index in [1.165, 1.54) is 4.90 Å². The molecule has 2 amide bonds. The molecular weight excluding hydrogens is 218 g/mol. The van der Waals surface area contributed by atoms with Gasteiger partial charge in [-0.2, -0.15) is 0 Å². The lowest BCUT2D eigenvalue weighted by Gasteiger charge is -2.18. The summed E-state index contributed by atoms with van der Waals surface area (Å²) in [6.45, 7) is 3.56. The van der Waals surface area contributed by atoms with Crippen molar-refractivity contribution in [1.29, 1.82) is 0 Å². The highest BCUT2D eigenvalue weighted by molar-refractivity contribution is 5.93. The van der Waals surface area contributed by atoms with Crippen LogP contribution in [-0.2, 0) is 9.53 Å². The zero-order valence-corrected chi connectivity index (χ0v) is 9.92. The van der Waals surface area contributed by atoms with Gasteiger partial charge in [0.25, 0.3) is 0 Å². The summed E-state index contributed by atoms with van der Waals surface area (Å²) in [5.74, 6) is -0.194. The van der Waals surface area contributed by atoms with Crippen LogP contribution in [0.4, 0.5) is 4.79 Å². The Labute approximate surface area is 100 Å². The standard InChI is InChI=1S/C13H15NO3/c1-3-11(15)14-9(2)12(17-13(14)16)10-7-5-4-6-8-10/h4-9,12H,3H2,1-2H3. The molecule has 1 aliphatic rings. The highest BCUT2D eigenvalue weighted by atomic mass is 16.6. The van der Waals surface area contributed by atoms with E-state index in [0.717, 1.165) is 5.56 Å². The van der Waals surface area contributed by atoms with Crippen LogP contribution in [0.3, 0.4) is 0 Å². The molecule has 0 radical (unpaired) electrons. The van der Waals surface area contributed by atoms with Gasteiger partial charge in [-0.25, -0.2) is 9.69 Å². The minimum atomic E-state index is -0.543. The third kappa shape index (κ3) is 2.02. The zero-order chi connectivity index (χ0) is 12.4. The fraction of sp³-hybridized carbons (Fsp3) is 0.385. The van der Waals surface area contributed by atoms with Crippen molar-refractivity contribution in [3.8, 4) is 0 Å². The normalized spacial score (nSPS) is 23.6. The number of amides is 2. The van der Waals surface area contributed by atoms with Crippen LogP contribution in [0.1, 0.15) is 31.9 Å². The summed E-state index contributed by atoms with van der Waals surface area (Å²) in [5.41, 5.74) is 0.916. The Bertz CT molecular complexity index is 430. The maximum Gasteiger partial charge on any atom is 0.417 e. The van der Waals surface area contributed by atoms with Crippen molar-refractivity contribution in [3.05, 3.63) is 35.9 Å². The van der Waals surface area contributed by atoms with E-state index in [1.807, 2.05) is 37.3 Å². The molecule has 2 atom stereocenters. The fourth-order valence-corrected chi connectivity index (χ4v) is 2.05. The number of hydrogen-bond acceptors (Lipinski definition) is 3. The largest absolute Gasteiger partial charge is 0.439 e. The number of benzene rings is 1. The summed E-state index contributed by atoms with van der Waals surface area (Å²) in [5, 5.41) is 0. The number of cyclic esters (lactones) is 1. The molecule has 1 aromatic rings. The molecule has 0 saturated carbocycles. The second-order valence-electron chi connectivity index (χ2n) is 4.07. The quantitative estimate of drug-likeness (QED) is 0.788. The van der Waals surface area contributed by atoms with E-state index in [4.69, 9.17) is 4.74 Å². The average Bonchev–Trinajstić information content (AvgIpc) is 2.65. The molecule has 0 aromatic heterocycles. The van der Waals surface area contributed by atoms with Gasteiger partial charge in [-0.1, -0.05) is 37.3 Å². The molecule has 1 aliphatic heterocycles. The predicted molar refractivity (Wildman–Crippen MR) is 62.3 cm³/mol. The molecule has 90 valence electrons. The smallest absolute Gasteiger partial charge is 0.417 e. The summed E-state index contributed by atoms with van der Waals surface area (Å²) in [7, 11) is 0. The topological polar surface area (TPSA) is 46.6 Å². The van der Waals surface area contributed by atoms with Gasteiger partial charge in [0.05, 0.1) is 6.04 Å². The molecule has 4 nitrogen and oxygen atoms in total. The Morgan fingerprint density at radius 3 is 2.59 bits per heavy atom. The maximum atomic E-state index is 11.7. The van der Waals surface area contributed by atoms with Crippen LogP contribution in [0.2, 0.25) is 0 Å². The van der Waals surface area contributed by atoms with Gasteiger partial charge in [-0.05, 0) is 12.5 Å². The van der Waals surface area contributed by atoms with Gasteiger partial charge in [-0.15, -0.1) is 0 Å². The molecule has 1 saturated heterocycles. The van der Waals surface area contributed by atoms with Gasteiger partial charge in [-0.3, -0.25) is 4.79 Å². The fourth-order valence-electron chi connectivity index (χ4n) is 2.05. The Balaban J connectivity index is 2.24. The lowest BCUT2D eigenvalue weighted by molar-refractivity contribution is -0.128. The van der Waals surface area contributed by atoms with Crippen LogP contribution in [0.15, 0.2) is 30.3 Å². The van der Waals surface area contributed by atoms with E-state index < -0.39 is 6.09 Å². The molecule has 2 rings (SSSR count). The number of carbonyl (C=O) groups is 2. The summed E-state index contributed by atoms with van der Waals surface area (Å²) in [6, 6.07) is 9.22. The van der Waals surface area contributed by atoms with Gasteiger partial charge in [0.15, 0.2) is 0 Å². The molecule has 0 bridgehead atoms. The van der Waals surface area contributed by atoms with Crippen molar-refractivity contribution in [1.82, 2.24) is 4.90 Å². The second-order valence-corrected chi connectivity index (χ2v) is 4.07. The molecule has 0 N–H and O–H groups in total. The summed E-state index contributed by atoms with van der Waals surface area (Å²) in [4.78, 5) is 24.5. The molecule has 1 aromatic carbocycles. The highest BCUT2D eigenvalue weighted by Gasteiger charge is 2.42. The third-order valence-electron chi connectivity index (χ3n) is 2.97. The van der Waals surface area contributed by atoms with Crippen LogP contribution >= 0.6 is 0 Å². The van der Waals surface area contributed by atoms with Gasteiger partial charge in [0.2, 0.25) is 5.91 Å². The highest BCUT2D eigenvalue weighted by Crippen LogP contribution is 2.32. The maximum absolute atomic E-state index is 11.7. The first kappa shape index (κ1) is 11.6. The van der Waals surface area contributed by atoms with Gasteiger partial charge in [0, 0.05) is 6.42 Å². The van der Waals surface area contributed by atoms with Crippen molar-refractivity contribution in [2.45, 2.75) is 32.4 Å². The zero-order valence-electron chi connectivity index (χ0n) is 9.92. The number of imide groups is 1. The first-order valence-electron chi connectivity index (χ1n) is 5.72. The van der Waals surface area contributed by atoms with Crippen molar-refractivity contribution < 1.29 is 14.3 Å². The van der Waals surface area contributed by atoms with Gasteiger partial charge < -0.3 is 4.74 Å². The van der Waals surface area contributed by atoms with Gasteiger partial charge in [0.1, 0.15) is 6.10 Å². The monoisotopic (exact) mass is 233 g/mol. The summed E-state index contributed by atoms with van der Waals surface area (Å²) < 4.78 is 5.26. The number of ether oxygens (including phenoxy) is 1. The molecule has 0 spiro atoms.